The Balaban J connectivity index is 2.63. The molecule has 2 nitrogen and oxygen atoms in total. The molecule has 0 aliphatic heterocycles. The van der Waals surface area contributed by atoms with E-state index in [1.54, 1.807) is 25.1 Å². The molecule has 0 saturated carbocycles. The Bertz CT molecular complexity index is 420. The monoisotopic (exact) mass is 269 g/mol. The lowest BCUT2D eigenvalue weighted by atomic mass is 10.0. The summed E-state index contributed by atoms with van der Waals surface area (Å²) in [5.74, 6) is -0.341. The number of hydrogen-bond donors (Lipinski definition) is 1. The van der Waals surface area contributed by atoms with E-state index in [1.807, 2.05) is 20.8 Å². The number of rotatable bonds is 5. The number of nitrogens with one attached hydrogen (secondary N) is 1. The number of halogens is 1. The van der Waals surface area contributed by atoms with E-state index in [1.165, 1.54) is 17.8 Å². The van der Waals surface area contributed by atoms with E-state index in [2.05, 4.69) is 5.32 Å². The van der Waals surface area contributed by atoms with E-state index in [9.17, 15) is 9.18 Å². The fourth-order valence-corrected chi connectivity index (χ4v) is 2.19. The first-order chi connectivity index (χ1) is 8.35. The molecule has 1 unspecified atom stereocenters. The van der Waals surface area contributed by atoms with Crippen molar-refractivity contribution in [1.82, 2.24) is 5.32 Å². The van der Waals surface area contributed by atoms with Crippen molar-refractivity contribution in [2.75, 3.05) is 0 Å². The van der Waals surface area contributed by atoms with Crippen molar-refractivity contribution >= 4 is 17.7 Å². The molecule has 1 N–H and O–H groups in total. The molecule has 1 aromatic rings. The molecule has 0 aromatic heterocycles. The van der Waals surface area contributed by atoms with Gasteiger partial charge in [0.25, 0.3) is 0 Å². The highest BCUT2D eigenvalue weighted by Gasteiger charge is 2.22. The predicted octanol–water partition coefficient (Wildman–Crippen LogP) is 3.61. The predicted molar refractivity (Wildman–Crippen MR) is 74.2 cm³/mol. The summed E-state index contributed by atoms with van der Waals surface area (Å²) in [5.41, 5.74) is -0.221. The van der Waals surface area contributed by atoms with Crippen LogP contribution in [0.2, 0.25) is 0 Å². The second-order valence-corrected chi connectivity index (χ2v) is 6.30. The molecule has 4 heteroatoms. The van der Waals surface area contributed by atoms with Crippen LogP contribution in [-0.2, 0) is 4.79 Å². The van der Waals surface area contributed by atoms with Crippen LogP contribution >= 0.6 is 11.8 Å². The number of carbonyl (C=O) groups is 1. The summed E-state index contributed by atoms with van der Waals surface area (Å²) in [6.45, 7) is 7.77. The van der Waals surface area contributed by atoms with Crippen LogP contribution in [-0.4, -0.2) is 16.7 Å². The number of carbonyl (C=O) groups excluding carboxylic acids is 1. The molecule has 1 aromatic carbocycles. The zero-order valence-electron chi connectivity index (χ0n) is 11.3. The van der Waals surface area contributed by atoms with Crippen LogP contribution in [0, 0.1) is 5.82 Å². The summed E-state index contributed by atoms with van der Waals surface area (Å²) in [4.78, 5) is 12.5. The van der Waals surface area contributed by atoms with E-state index < -0.39 is 0 Å². The Hall–Kier alpha value is -1.03. The Morgan fingerprint density at radius 2 is 2.06 bits per heavy atom. The van der Waals surface area contributed by atoms with Gasteiger partial charge in [0.15, 0.2) is 0 Å². The van der Waals surface area contributed by atoms with Gasteiger partial charge in [-0.1, -0.05) is 19.1 Å². The van der Waals surface area contributed by atoms with E-state index in [0.29, 0.717) is 4.90 Å². The summed E-state index contributed by atoms with van der Waals surface area (Å²) in [6.07, 6.45) is 0.857. The number of thioether (sulfide) groups is 1. The van der Waals surface area contributed by atoms with Gasteiger partial charge in [0.05, 0.1) is 5.25 Å². The van der Waals surface area contributed by atoms with Crippen LogP contribution in [0.15, 0.2) is 29.2 Å². The fraction of sp³-hybridized carbons (Fsp3) is 0.500. The van der Waals surface area contributed by atoms with Gasteiger partial charge in [0, 0.05) is 10.4 Å². The van der Waals surface area contributed by atoms with Gasteiger partial charge in [0.2, 0.25) is 5.91 Å². The van der Waals surface area contributed by atoms with E-state index in [0.717, 1.165) is 6.42 Å². The average molecular weight is 269 g/mol. The summed E-state index contributed by atoms with van der Waals surface area (Å²) in [5, 5.41) is 2.65. The van der Waals surface area contributed by atoms with E-state index >= 15 is 0 Å². The maximum absolute atomic E-state index is 13.5. The minimum absolute atomic E-state index is 0.0601. The lowest BCUT2D eigenvalue weighted by Crippen LogP contribution is -2.46. The Morgan fingerprint density at radius 3 is 2.61 bits per heavy atom. The third kappa shape index (κ3) is 4.33. The van der Waals surface area contributed by atoms with E-state index in [-0.39, 0.29) is 22.5 Å². The molecule has 0 aliphatic carbocycles. The van der Waals surface area contributed by atoms with Crippen molar-refractivity contribution in [3.8, 4) is 0 Å². The first-order valence-corrected chi connectivity index (χ1v) is 6.97. The van der Waals surface area contributed by atoms with Crippen molar-refractivity contribution in [3.05, 3.63) is 30.1 Å². The molecule has 100 valence electrons. The highest BCUT2D eigenvalue weighted by atomic mass is 32.2. The molecule has 0 fully saturated rings. The third-order valence-electron chi connectivity index (χ3n) is 2.86. The summed E-state index contributed by atoms with van der Waals surface area (Å²) in [6, 6.07) is 6.51. The zero-order valence-corrected chi connectivity index (χ0v) is 12.1. The highest BCUT2D eigenvalue weighted by Crippen LogP contribution is 2.26. The molecule has 0 bridgehead atoms. The van der Waals surface area contributed by atoms with Gasteiger partial charge in [-0.05, 0) is 39.3 Å². The van der Waals surface area contributed by atoms with Crippen LogP contribution in [0.1, 0.15) is 34.1 Å². The minimum Gasteiger partial charge on any atom is -0.350 e. The van der Waals surface area contributed by atoms with Crippen molar-refractivity contribution < 1.29 is 9.18 Å². The highest BCUT2D eigenvalue weighted by molar-refractivity contribution is 8.00. The molecule has 18 heavy (non-hydrogen) atoms. The second-order valence-electron chi connectivity index (χ2n) is 4.92. The van der Waals surface area contributed by atoms with Crippen molar-refractivity contribution in [2.45, 2.75) is 49.8 Å². The van der Waals surface area contributed by atoms with Gasteiger partial charge in [-0.15, -0.1) is 11.8 Å². The molecular formula is C14H20FNOS. The van der Waals surface area contributed by atoms with E-state index in [4.69, 9.17) is 0 Å². The SMILES string of the molecule is CCC(C)(C)NC(=O)C(C)Sc1ccccc1F. The Kier molecular flexibility index (Phi) is 5.20. The molecule has 0 heterocycles. The molecular weight excluding hydrogens is 249 g/mol. The average Bonchev–Trinajstić information content (AvgIpc) is 2.31. The maximum atomic E-state index is 13.5. The first-order valence-electron chi connectivity index (χ1n) is 6.09. The normalized spacial score (nSPS) is 13.2. The summed E-state index contributed by atoms with van der Waals surface area (Å²) >= 11 is 1.24. The van der Waals surface area contributed by atoms with Crippen molar-refractivity contribution in [1.29, 1.82) is 0 Å². The number of benzene rings is 1. The Labute approximate surface area is 112 Å². The largest absolute Gasteiger partial charge is 0.350 e. The van der Waals surface area contributed by atoms with Crippen LogP contribution in [0.25, 0.3) is 0 Å². The van der Waals surface area contributed by atoms with Crippen LogP contribution in [0.3, 0.4) is 0 Å². The smallest absolute Gasteiger partial charge is 0.233 e. The molecule has 0 aliphatic rings. The van der Waals surface area contributed by atoms with Gasteiger partial charge in [-0.3, -0.25) is 4.79 Å². The molecule has 1 amide bonds. The van der Waals surface area contributed by atoms with Gasteiger partial charge >= 0.3 is 0 Å². The molecule has 1 atom stereocenters. The number of hydrogen-bond acceptors (Lipinski definition) is 2. The molecule has 1 rings (SSSR count). The second kappa shape index (κ2) is 6.23. The molecule has 0 saturated heterocycles. The van der Waals surface area contributed by atoms with Crippen LogP contribution in [0.5, 0.6) is 0 Å². The number of amides is 1. The van der Waals surface area contributed by atoms with Crippen LogP contribution < -0.4 is 5.32 Å². The summed E-state index contributed by atoms with van der Waals surface area (Å²) < 4.78 is 13.5. The quantitative estimate of drug-likeness (QED) is 0.827. The van der Waals surface area contributed by atoms with Crippen LogP contribution in [0.4, 0.5) is 4.39 Å². The maximum Gasteiger partial charge on any atom is 0.233 e. The van der Waals surface area contributed by atoms with Gasteiger partial charge in [-0.25, -0.2) is 4.39 Å². The summed E-state index contributed by atoms with van der Waals surface area (Å²) in [7, 11) is 0. The fourth-order valence-electron chi connectivity index (χ4n) is 1.31. The molecule has 0 spiro atoms. The standard InChI is InChI=1S/C14H20FNOS/c1-5-14(3,4)16-13(17)10(2)18-12-9-7-6-8-11(12)15/h6-10H,5H2,1-4H3,(H,16,17). The lowest BCUT2D eigenvalue weighted by molar-refractivity contribution is -0.121. The van der Waals surface area contributed by atoms with Crippen molar-refractivity contribution in [2.24, 2.45) is 0 Å². The van der Waals surface area contributed by atoms with Gasteiger partial charge < -0.3 is 5.32 Å². The first kappa shape index (κ1) is 15.0. The molecule has 0 radical (unpaired) electrons. The Morgan fingerprint density at radius 1 is 1.44 bits per heavy atom. The van der Waals surface area contributed by atoms with Gasteiger partial charge in [0.1, 0.15) is 5.82 Å². The zero-order chi connectivity index (χ0) is 13.8. The van der Waals surface area contributed by atoms with Gasteiger partial charge in [-0.2, -0.15) is 0 Å². The topological polar surface area (TPSA) is 29.1 Å². The minimum atomic E-state index is -0.312. The lowest BCUT2D eigenvalue weighted by Gasteiger charge is -2.26. The van der Waals surface area contributed by atoms with Crippen molar-refractivity contribution in [3.63, 3.8) is 0 Å². The third-order valence-corrected chi connectivity index (χ3v) is 4.01.